The SMILES string of the molecule is CC(C)C[C@H](N)C(=O)NCCNS(=O)(=O)c1ccccc1.Cl. The number of amides is 1. The summed E-state index contributed by atoms with van der Waals surface area (Å²) in [5.74, 6) is 0.0740. The fraction of sp³-hybridized carbons (Fsp3) is 0.500. The van der Waals surface area contributed by atoms with Gasteiger partial charge in [-0.25, -0.2) is 13.1 Å². The van der Waals surface area contributed by atoms with Gasteiger partial charge in [-0.1, -0.05) is 32.0 Å². The normalized spacial score (nSPS) is 12.5. The first-order chi connectivity index (χ1) is 9.83. The van der Waals surface area contributed by atoms with Gasteiger partial charge in [-0.15, -0.1) is 12.4 Å². The zero-order valence-electron chi connectivity index (χ0n) is 12.8. The summed E-state index contributed by atoms with van der Waals surface area (Å²) in [5, 5.41) is 2.62. The van der Waals surface area contributed by atoms with Crippen molar-refractivity contribution in [3.8, 4) is 0 Å². The van der Waals surface area contributed by atoms with Crippen molar-refractivity contribution in [2.75, 3.05) is 13.1 Å². The second kappa shape index (κ2) is 9.78. The van der Waals surface area contributed by atoms with Crippen LogP contribution in [-0.4, -0.2) is 33.5 Å². The molecule has 0 saturated carbocycles. The molecule has 4 N–H and O–H groups in total. The van der Waals surface area contributed by atoms with Crippen molar-refractivity contribution >= 4 is 28.3 Å². The Hall–Kier alpha value is -1.15. The van der Waals surface area contributed by atoms with Gasteiger partial charge >= 0.3 is 0 Å². The average Bonchev–Trinajstić information content (AvgIpc) is 2.43. The lowest BCUT2D eigenvalue weighted by Gasteiger charge is -2.14. The Morgan fingerprint density at radius 3 is 2.32 bits per heavy atom. The Bertz CT molecular complexity index is 550. The van der Waals surface area contributed by atoms with Gasteiger partial charge in [-0.3, -0.25) is 4.79 Å². The summed E-state index contributed by atoms with van der Waals surface area (Å²) in [6, 6.07) is 7.52. The van der Waals surface area contributed by atoms with E-state index >= 15 is 0 Å². The molecule has 1 amide bonds. The molecule has 0 bridgehead atoms. The predicted molar refractivity (Wildman–Crippen MR) is 89.3 cm³/mol. The third-order valence-corrected chi connectivity index (χ3v) is 4.31. The molecule has 0 radical (unpaired) electrons. The van der Waals surface area contributed by atoms with E-state index in [9.17, 15) is 13.2 Å². The van der Waals surface area contributed by atoms with Crippen LogP contribution in [0.4, 0.5) is 0 Å². The summed E-state index contributed by atoms with van der Waals surface area (Å²) in [7, 11) is -3.53. The molecule has 0 aliphatic rings. The van der Waals surface area contributed by atoms with E-state index in [1.54, 1.807) is 18.2 Å². The number of carbonyl (C=O) groups excluding carboxylic acids is 1. The lowest BCUT2D eigenvalue weighted by molar-refractivity contribution is -0.122. The van der Waals surface area contributed by atoms with Gasteiger partial charge in [0, 0.05) is 13.1 Å². The maximum Gasteiger partial charge on any atom is 0.240 e. The van der Waals surface area contributed by atoms with E-state index in [-0.39, 0.29) is 36.3 Å². The first kappa shape index (κ1) is 20.9. The molecule has 0 fully saturated rings. The van der Waals surface area contributed by atoms with Crippen molar-refractivity contribution in [3.05, 3.63) is 30.3 Å². The van der Waals surface area contributed by atoms with Crippen LogP contribution in [0.25, 0.3) is 0 Å². The lowest BCUT2D eigenvalue weighted by Crippen LogP contribution is -2.44. The number of rotatable bonds is 8. The minimum Gasteiger partial charge on any atom is -0.353 e. The molecule has 1 aromatic carbocycles. The third-order valence-electron chi connectivity index (χ3n) is 2.83. The van der Waals surface area contributed by atoms with Crippen molar-refractivity contribution in [2.24, 2.45) is 11.7 Å². The lowest BCUT2D eigenvalue weighted by atomic mass is 10.0. The van der Waals surface area contributed by atoms with Crippen LogP contribution >= 0.6 is 12.4 Å². The van der Waals surface area contributed by atoms with Gasteiger partial charge in [0.25, 0.3) is 0 Å². The van der Waals surface area contributed by atoms with E-state index in [4.69, 9.17) is 5.73 Å². The number of sulfonamides is 1. The molecule has 0 saturated heterocycles. The highest BCUT2D eigenvalue weighted by atomic mass is 35.5. The van der Waals surface area contributed by atoms with Crippen molar-refractivity contribution in [1.29, 1.82) is 0 Å². The number of halogens is 1. The number of carbonyl (C=O) groups is 1. The number of nitrogens with two attached hydrogens (primary N) is 1. The van der Waals surface area contributed by atoms with Crippen LogP contribution in [-0.2, 0) is 14.8 Å². The van der Waals surface area contributed by atoms with Crippen molar-refractivity contribution in [2.45, 2.75) is 31.2 Å². The van der Waals surface area contributed by atoms with Gasteiger partial charge in [0.1, 0.15) is 0 Å². The summed E-state index contributed by atoms with van der Waals surface area (Å²) in [6.07, 6.45) is 0.599. The molecule has 1 atom stereocenters. The molecule has 1 rings (SSSR count). The van der Waals surface area contributed by atoms with E-state index in [1.807, 2.05) is 13.8 Å². The maximum atomic E-state index is 11.9. The van der Waals surface area contributed by atoms with Gasteiger partial charge in [-0.05, 0) is 24.5 Å². The Balaban J connectivity index is 0.00000441. The van der Waals surface area contributed by atoms with E-state index in [2.05, 4.69) is 10.0 Å². The molecule has 0 heterocycles. The van der Waals surface area contributed by atoms with Gasteiger partial charge in [0.15, 0.2) is 0 Å². The number of hydrogen-bond donors (Lipinski definition) is 3. The summed E-state index contributed by atoms with van der Waals surface area (Å²) in [6.45, 7) is 4.30. The van der Waals surface area contributed by atoms with Gasteiger partial charge in [0.05, 0.1) is 10.9 Å². The fourth-order valence-corrected chi connectivity index (χ4v) is 2.85. The molecule has 8 heteroatoms. The first-order valence-electron chi connectivity index (χ1n) is 6.91. The third kappa shape index (κ3) is 7.22. The molecule has 0 aliphatic carbocycles. The molecule has 22 heavy (non-hydrogen) atoms. The fourth-order valence-electron chi connectivity index (χ4n) is 1.80. The number of benzene rings is 1. The van der Waals surface area contributed by atoms with Crippen LogP contribution < -0.4 is 15.8 Å². The van der Waals surface area contributed by atoms with Gasteiger partial charge < -0.3 is 11.1 Å². The first-order valence-corrected chi connectivity index (χ1v) is 8.39. The highest BCUT2D eigenvalue weighted by Crippen LogP contribution is 2.06. The molecular weight excluding hydrogens is 326 g/mol. The zero-order chi connectivity index (χ0) is 15.9. The molecule has 6 nitrogen and oxygen atoms in total. The highest BCUT2D eigenvalue weighted by molar-refractivity contribution is 7.89. The van der Waals surface area contributed by atoms with Crippen LogP contribution in [0, 0.1) is 5.92 Å². The maximum absolute atomic E-state index is 11.9. The second-order valence-electron chi connectivity index (χ2n) is 5.24. The molecule has 0 aliphatic heterocycles. The van der Waals surface area contributed by atoms with Crippen LogP contribution in [0.15, 0.2) is 35.2 Å². The van der Waals surface area contributed by atoms with Gasteiger partial charge in [-0.2, -0.15) is 0 Å². The van der Waals surface area contributed by atoms with Crippen molar-refractivity contribution in [3.63, 3.8) is 0 Å². The average molecular weight is 350 g/mol. The summed E-state index contributed by atoms with van der Waals surface area (Å²) in [4.78, 5) is 11.9. The highest BCUT2D eigenvalue weighted by Gasteiger charge is 2.15. The summed E-state index contributed by atoms with van der Waals surface area (Å²) < 4.78 is 26.2. The van der Waals surface area contributed by atoms with Crippen LogP contribution in [0.3, 0.4) is 0 Å². The standard InChI is InChI=1S/C14H23N3O3S.ClH/c1-11(2)10-13(15)14(18)16-8-9-17-21(19,20)12-6-4-3-5-7-12;/h3-7,11,13,17H,8-10,15H2,1-2H3,(H,16,18);1H/t13-;/m0./s1. The van der Waals surface area contributed by atoms with Crippen molar-refractivity contribution < 1.29 is 13.2 Å². The van der Waals surface area contributed by atoms with Crippen LogP contribution in [0.5, 0.6) is 0 Å². The Labute approximate surface area is 138 Å². The van der Waals surface area contributed by atoms with E-state index < -0.39 is 16.1 Å². The molecule has 126 valence electrons. The topological polar surface area (TPSA) is 101 Å². The monoisotopic (exact) mass is 349 g/mol. The molecule has 1 aromatic rings. The Kier molecular flexibility index (Phi) is 9.27. The quantitative estimate of drug-likeness (QED) is 0.606. The smallest absolute Gasteiger partial charge is 0.240 e. The molecular formula is C14H24ClN3O3S. The van der Waals surface area contributed by atoms with E-state index in [0.717, 1.165) is 0 Å². The number of hydrogen-bond acceptors (Lipinski definition) is 4. The van der Waals surface area contributed by atoms with E-state index in [0.29, 0.717) is 12.3 Å². The summed E-state index contributed by atoms with van der Waals surface area (Å²) >= 11 is 0. The minimum atomic E-state index is -3.53. The van der Waals surface area contributed by atoms with Crippen LogP contribution in [0.1, 0.15) is 20.3 Å². The number of nitrogens with one attached hydrogen (secondary N) is 2. The second-order valence-corrected chi connectivity index (χ2v) is 7.00. The Morgan fingerprint density at radius 2 is 1.77 bits per heavy atom. The predicted octanol–water partition coefficient (Wildman–Crippen LogP) is 0.876. The van der Waals surface area contributed by atoms with Crippen molar-refractivity contribution in [1.82, 2.24) is 10.0 Å². The zero-order valence-corrected chi connectivity index (χ0v) is 14.4. The largest absolute Gasteiger partial charge is 0.353 e. The summed E-state index contributed by atoms with van der Waals surface area (Å²) in [5.41, 5.74) is 5.73. The van der Waals surface area contributed by atoms with E-state index in [1.165, 1.54) is 12.1 Å². The van der Waals surface area contributed by atoms with Crippen LogP contribution in [0.2, 0.25) is 0 Å². The van der Waals surface area contributed by atoms with Gasteiger partial charge in [0.2, 0.25) is 15.9 Å². The minimum absolute atomic E-state index is 0. The molecule has 0 spiro atoms. The Morgan fingerprint density at radius 1 is 1.18 bits per heavy atom. The molecule has 0 unspecified atom stereocenters. The molecule has 0 aromatic heterocycles.